The van der Waals surface area contributed by atoms with Gasteiger partial charge in [0.15, 0.2) is 0 Å². The van der Waals surface area contributed by atoms with Crippen LogP contribution < -0.4 is 5.32 Å². The summed E-state index contributed by atoms with van der Waals surface area (Å²) < 4.78 is 0. The Morgan fingerprint density at radius 1 is 1.30 bits per heavy atom. The first-order valence-electron chi connectivity index (χ1n) is 7.41. The van der Waals surface area contributed by atoms with Gasteiger partial charge in [0.2, 0.25) is 0 Å². The number of nitrogens with zero attached hydrogens (tertiary/aromatic N) is 1. The van der Waals surface area contributed by atoms with Gasteiger partial charge in [-0.25, -0.2) is 0 Å². The van der Waals surface area contributed by atoms with Crippen LogP contribution in [0.25, 0.3) is 0 Å². The Kier molecular flexibility index (Phi) is 5.86. The van der Waals surface area contributed by atoms with Crippen molar-refractivity contribution >= 4 is 17.5 Å². The largest absolute Gasteiger partial charge is 0.351 e. The molecule has 1 aliphatic carbocycles. The molecular formula is C16H23ClN2O. The van der Waals surface area contributed by atoms with Gasteiger partial charge in [-0.3, -0.25) is 4.79 Å². The number of hydrogen-bond donors (Lipinski definition) is 1. The molecule has 1 N–H and O–H groups in total. The Hall–Kier alpha value is -1.06. The maximum Gasteiger partial charge on any atom is 0.252 e. The van der Waals surface area contributed by atoms with Gasteiger partial charge in [0.05, 0.1) is 10.6 Å². The molecule has 2 rings (SSSR count). The van der Waals surface area contributed by atoms with Crippen LogP contribution in [0.4, 0.5) is 0 Å². The third kappa shape index (κ3) is 4.22. The van der Waals surface area contributed by atoms with Gasteiger partial charge in [-0.15, -0.1) is 0 Å². The number of nitrogens with one attached hydrogen (secondary N) is 1. The lowest BCUT2D eigenvalue weighted by molar-refractivity contribution is 0.0944. The van der Waals surface area contributed by atoms with Gasteiger partial charge in [-0.1, -0.05) is 43.0 Å². The molecule has 3 nitrogen and oxygen atoms in total. The summed E-state index contributed by atoms with van der Waals surface area (Å²) in [6.07, 6.45) is 6.61. The van der Waals surface area contributed by atoms with Crippen LogP contribution in [0.15, 0.2) is 24.3 Å². The minimum atomic E-state index is -0.0901. The van der Waals surface area contributed by atoms with Crippen molar-refractivity contribution in [3.8, 4) is 0 Å². The van der Waals surface area contributed by atoms with E-state index in [1.54, 1.807) is 12.1 Å². The predicted molar refractivity (Wildman–Crippen MR) is 83.3 cm³/mol. The Morgan fingerprint density at radius 2 is 2.00 bits per heavy atom. The standard InChI is InChI=1S/C16H23ClN2O/c1-19(13-7-3-2-4-8-13)12-11-18-16(20)14-9-5-6-10-15(14)17/h5-6,9-10,13H,2-4,7-8,11-12H2,1H3,(H,18,20). The molecule has 4 heteroatoms. The minimum absolute atomic E-state index is 0.0901. The third-order valence-corrected chi connectivity index (χ3v) is 4.40. The topological polar surface area (TPSA) is 32.3 Å². The molecule has 1 aliphatic rings. The van der Waals surface area contributed by atoms with E-state index >= 15 is 0 Å². The van der Waals surface area contributed by atoms with Crippen LogP contribution in [0.1, 0.15) is 42.5 Å². The molecule has 1 aromatic carbocycles. The molecule has 0 saturated heterocycles. The van der Waals surface area contributed by atoms with E-state index in [0.29, 0.717) is 23.2 Å². The average Bonchev–Trinajstić information content (AvgIpc) is 2.48. The molecule has 0 atom stereocenters. The highest BCUT2D eigenvalue weighted by molar-refractivity contribution is 6.33. The zero-order chi connectivity index (χ0) is 14.4. The van der Waals surface area contributed by atoms with Crippen LogP contribution in [-0.2, 0) is 0 Å². The van der Waals surface area contributed by atoms with Crippen molar-refractivity contribution in [1.29, 1.82) is 0 Å². The quantitative estimate of drug-likeness (QED) is 0.903. The summed E-state index contributed by atoms with van der Waals surface area (Å²) in [4.78, 5) is 14.4. The Labute approximate surface area is 126 Å². The normalized spacial score (nSPS) is 16.4. The molecule has 0 spiro atoms. The van der Waals surface area contributed by atoms with Crippen LogP contribution in [0, 0.1) is 0 Å². The van der Waals surface area contributed by atoms with Crippen molar-refractivity contribution in [1.82, 2.24) is 10.2 Å². The monoisotopic (exact) mass is 294 g/mol. The van der Waals surface area contributed by atoms with E-state index in [1.807, 2.05) is 12.1 Å². The van der Waals surface area contributed by atoms with Crippen LogP contribution in [-0.4, -0.2) is 37.0 Å². The van der Waals surface area contributed by atoms with Crippen LogP contribution in [0.5, 0.6) is 0 Å². The fourth-order valence-electron chi connectivity index (χ4n) is 2.79. The first-order chi connectivity index (χ1) is 9.68. The molecule has 0 bridgehead atoms. The van der Waals surface area contributed by atoms with E-state index in [2.05, 4.69) is 17.3 Å². The summed E-state index contributed by atoms with van der Waals surface area (Å²) in [6.45, 7) is 1.55. The van der Waals surface area contributed by atoms with Crippen molar-refractivity contribution in [3.05, 3.63) is 34.9 Å². The number of amides is 1. The van der Waals surface area contributed by atoms with Crippen LogP contribution in [0.3, 0.4) is 0 Å². The molecule has 1 aromatic rings. The van der Waals surface area contributed by atoms with Crippen molar-refractivity contribution in [2.75, 3.05) is 20.1 Å². The smallest absolute Gasteiger partial charge is 0.252 e. The number of carbonyl (C=O) groups is 1. The van der Waals surface area contributed by atoms with Gasteiger partial charge in [0.1, 0.15) is 0 Å². The van der Waals surface area contributed by atoms with Gasteiger partial charge in [-0.2, -0.15) is 0 Å². The van der Waals surface area contributed by atoms with Gasteiger partial charge in [0.25, 0.3) is 5.91 Å². The molecular weight excluding hydrogens is 272 g/mol. The third-order valence-electron chi connectivity index (χ3n) is 4.07. The second-order valence-corrected chi connectivity index (χ2v) is 5.92. The maximum absolute atomic E-state index is 12.0. The van der Waals surface area contributed by atoms with Crippen LogP contribution >= 0.6 is 11.6 Å². The second-order valence-electron chi connectivity index (χ2n) is 5.51. The molecule has 1 saturated carbocycles. The highest BCUT2D eigenvalue weighted by Crippen LogP contribution is 2.21. The average molecular weight is 295 g/mol. The summed E-state index contributed by atoms with van der Waals surface area (Å²) >= 11 is 6.01. The van der Waals surface area contributed by atoms with Gasteiger partial charge in [-0.05, 0) is 32.0 Å². The first kappa shape index (κ1) is 15.3. The maximum atomic E-state index is 12.0. The first-order valence-corrected chi connectivity index (χ1v) is 7.79. The molecule has 110 valence electrons. The lowest BCUT2D eigenvalue weighted by Crippen LogP contribution is -2.39. The number of carbonyl (C=O) groups excluding carboxylic acids is 1. The summed E-state index contributed by atoms with van der Waals surface area (Å²) in [7, 11) is 2.15. The zero-order valence-corrected chi connectivity index (χ0v) is 12.8. The minimum Gasteiger partial charge on any atom is -0.351 e. The molecule has 1 fully saturated rings. The van der Waals surface area contributed by atoms with E-state index < -0.39 is 0 Å². The molecule has 0 heterocycles. The van der Waals surface area contributed by atoms with E-state index in [-0.39, 0.29) is 5.91 Å². The van der Waals surface area contributed by atoms with Crippen molar-refractivity contribution < 1.29 is 4.79 Å². The fraction of sp³-hybridized carbons (Fsp3) is 0.562. The molecule has 0 aliphatic heterocycles. The lowest BCUT2D eigenvalue weighted by atomic mass is 9.94. The molecule has 20 heavy (non-hydrogen) atoms. The number of likely N-dealkylation sites (N-methyl/N-ethyl adjacent to an activating group) is 1. The van der Waals surface area contributed by atoms with Gasteiger partial charge >= 0.3 is 0 Å². The summed E-state index contributed by atoms with van der Waals surface area (Å²) in [5, 5.41) is 3.45. The number of hydrogen-bond acceptors (Lipinski definition) is 2. The van der Waals surface area contributed by atoms with E-state index in [4.69, 9.17) is 11.6 Å². The van der Waals surface area contributed by atoms with Crippen molar-refractivity contribution in [2.45, 2.75) is 38.1 Å². The highest BCUT2D eigenvalue weighted by Gasteiger charge is 2.17. The second kappa shape index (κ2) is 7.65. The SMILES string of the molecule is CN(CCNC(=O)c1ccccc1Cl)C1CCCCC1. The number of benzene rings is 1. The number of halogens is 1. The summed E-state index contributed by atoms with van der Waals surface area (Å²) in [6, 6.07) is 7.83. The lowest BCUT2D eigenvalue weighted by Gasteiger charge is -2.31. The predicted octanol–water partition coefficient (Wildman–Crippen LogP) is 3.33. The Balaban J connectivity index is 1.75. The van der Waals surface area contributed by atoms with Gasteiger partial charge < -0.3 is 10.2 Å². The number of rotatable bonds is 5. The fourth-order valence-corrected chi connectivity index (χ4v) is 3.01. The van der Waals surface area contributed by atoms with E-state index in [0.717, 1.165) is 6.54 Å². The summed E-state index contributed by atoms with van der Waals surface area (Å²) in [5.74, 6) is -0.0901. The van der Waals surface area contributed by atoms with Crippen molar-refractivity contribution in [2.24, 2.45) is 0 Å². The zero-order valence-electron chi connectivity index (χ0n) is 12.1. The Bertz CT molecular complexity index is 444. The van der Waals surface area contributed by atoms with Crippen LogP contribution in [0.2, 0.25) is 5.02 Å². The molecule has 1 amide bonds. The highest BCUT2D eigenvalue weighted by atomic mass is 35.5. The molecule has 0 unspecified atom stereocenters. The van der Waals surface area contributed by atoms with Crippen molar-refractivity contribution in [3.63, 3.8) is 0 Å². The Morgan fingerprint density at radius 3 is 2.70 bits per heavy atom. The molecule has 0 aromatic heterocycles. The van der Waals surface area contributed by atoms with E-state index in [1.165, 1.54) is 32.1 Å². The summed E-state index contributed by atoms with van der Waals surface area (Å²) in [5.41, 5.74) is 0.550. The van der Waals surface area contributed by atoms with Gasteiger partial charge in [0, 0.05) is 19.1 Å². The molecule has 0 radical (unpaired) electrons. The van der Waals surface area contributed by atoms with E-state index in [9.17, 15) is 4.79 Å².